The zero-order valence-electron chi connectivity index (χ0n) is 13.9. The molecular weight excluding hydrogens is 282 g/mol. The highest BCUT2D eigenvalue weighted by atomic mass is 15.2. The summed E-state index contributed by atoms with van der Waals surface area (Å²) in [6.07, 6.45) is 2.19. The van der Waals surface area contributed by atoms with Gasteiger partial charge in [0, 0.05) is 25.6 Å². The van der Waals surface area contributed by atoms with E-state index in [1.165, 1.54) is 23.1 Å². The normalized spacial score (nSPS) is 20.2. The third-order valence-corrected chi connectivity index (χ3v) is 4.47. The van der Waals surface area contributed by atoms with E-state index in [2.05, 4.69) is 77.1 Å². The Kier molecular flexibility index (Phi) is 4.96. The minimum Gasteiger partial charge on any atom is -0.356 e. The third-order valence-electron chi connectivity index (χ3n) is 4.47. The Labute approximate surface area is 138 Å². The maximum Gasteiger partial charge on any atom is 0.191 e. The monoisotopic (exact) mass is 307 g/mol. The van der Waals surface area contributed by atoms with Gasteiger partial charge in [-0.15, -0.1) is 0 Å². The number of guanidine groups is 1. The molecule has 0 aromatic heterocycles. The van der Waals surface area contributed by atoms with E-state index in [1.807, 2.05) is 7.05 Å². The molecule has 2 N–H and O–H groups in total. The van der Waals surface area contributed by atoms with Gasteiger partial charge in [-0.2, -0.15) is 0 Å². The van der Waals surface area contributed by atoms with E-state index in [9.17, 15) is 0 Å². The number of aryl methyl sites for hydroxylation is 1. The van der Waals surface area contributed by atoms with E-state index in [0.29, 0.717) is 12.0 Å². The SMILES string of the molecule is CN=C(NCCc1ccccc1)NC1CC1c1ccccc1C. The molecule has 2 unspecified atom stereocenters. The molecule has 2 atom stereocenters. The van der Waals surface area contributed by atoms with Crippen molar-refractivity contribution < 1.29 is 0 Å². The second kappa shape index (κ2) is 7.32. The van der Waals surface area contributed by atoms with Gasteiger partial charge in [0.15, 0.2) is 5.96 Å². The lowest BCUT2D eigenvalue weighted by Crippen LogP contribution is -2.39. The van der Waals surface area contributed by atoms with Crippen LogP contribution in [0.4, 0.5) is 0 Å². The molecule has 1 fully saturated rings. The molecule has 1 aliphatic rings. The number of benzene rings is 2. The van der Waals surface area contributed by atoms with Crippen LogP contribution < -0.4 is 10.6 Å². The van der Waals surface area contributed by atoms with E-state index >= 15 is 0 Å². The van der Waals surface area contributed by atoms with Gasteiger partial charge in [0.05, 0.1) is 0 Å². The largest absolute Gasteiger partial charge is 0.356 e. The number of nitrogens with zero attached hydrogens (tertiary/aromatic N) is 1. The molecule has 1 saturated carbocycles. The van der Waals surface area contributed by atoms with Gasteiger partial charge < -0.3 is 10.6 Å². The molecule has 3 heteroatoms. The lowest BCUT2D eigenvalue weighted by Gasteiger charge is -2.12. The minimum atomic E-state index is 0.499. The Bertz CT molecular complexity index is 664. The van der Waals surface area contributed by atoms with Crippen LogP contribution in [-0.4, -0.2) is 25.6 Å². The van der Waals surface area contributed by atoms with Crippen LogP contribution in [-0.2, 0) is 6.42 Å². The fourth-order valence-electron chi connectivity index (χ4n) is 3.04. The standard InChI is InChI=1S/C20H25N3/c1-15-8-6-7-11-17(15)18-14-19(18)23-20(21-2)22-13-12-16-9-4-3-5-10-16/h3-11,18-19H,12-14H2,1-2H3,(H2,21,22,23). The fourth-order valence-corrected chi connectivity index (χ4v) is 3.04. The maximum atomic E-state index is 4.34. The summed E-state index contributed by atoms with van der Waals surface area (Å²) >= 11 is 0. The van der Waals surface area contributed by atoms with Gasteiger partial charge in [-0.1, -0.05) is 54.6 Å². The number of aliphatic imine (C=N–C) groups is 1. The summed E-state index contributed by atoms with van der Waals surface area (Å²) in [5, 5.41) is 6.96. The highest BCUT2D eigenvalue weighted by Crippen LogP contribution is 2.41. The van der Waals surface area contributed by atoms with Crippen molar-refractivity contribution in [3.63, 3.8) is 0 Å². The van der Waals surface area contributed by atoms with Crippen molar-refractivity contribution in [2.24, 2.45) is 4.99 Å². The maximum absolute atomic E-state index is 4.34. The second-order valence-corrected chi connectivity index (χ2v) is 6.18. The van der Waals surface area contributed by atoms with Crippen molar-refractivity contribution in [2.45, 2.75) is 31.7 Å². The summed E-state index contributed by atoms with van der Waals surface area (Å²) in [5.74, 6) is 1.52. The van der Waals surface area contributed by atoms with Crippen LogP contribution in [0.25, 0.3) is 0 Å². The zero-order chi connectivity index (χ0) is 16.1. The first-order valence-corrected chi connectivity index (χ1v) is 8.34. The molecular formula is C20H25N3. The van der Waals surface area contributed by atoms with E-state index in [0.717, 1.165) is 18.9 Å². The van der Waals surface area contributed by atoms with Gasteiger partial charge in [0.1, 0.15) is 0 Å². The fraction of sp³-hybridized carbons (Fsp3) is 0.350. The van der Waals surface area contributed by atoms with Gasteiger partial charge in [0.25, 0.3) is 0 Å². The summed E-state index contributed by atoms with van der Waals surface area (Å²) in [5.41, 5.74) is 4.19. The second-order valence-electron chi connectivity index (χ2n) is 6.18. The van der Waals surface area contributed by atoms with Gasteiger partial charge in [-0.05, 0) is 36.5 Å². The number of rotatable bonds is 5. The molecule has 0 spiro atoms. The van der Waals surface area contributed by atoms with Crippen molar-refractivity contribution >= 4 is 5.96 Å². The van der Waals surface area contributed by atoms with Gasteiger partial charge in [-0.25, -0.2) is 0 Å². The number of nitrogens with one attached hydrogen (secondary N) is 2. The molecule has 2 aromatic carbocycles. The van der Waals surface area contributed by atoms with Gasteiger partial charge in [-0.3, -0.25) is 4.99 Å². The molecule has 2 aromatic rings. The molecule has 0 radical (unpaired) electrons. The van der Waals surface area contributed by atoms with Gasteiger partial charge in [0.2, 0.25) is 0 Å². The van der Waals surface area contributed by atoms with E-state index in [4.69, 9.17) is 0 Å². The van der Waals surface area contributed by atoms with Crippen LogP contribution in [0.1, 0.15) is 29.0 Å². The first-order chi connectivity index (χ1) is 11.3. The Hall–Kier alpha value is -2.29. The molecule has 0 saturated heterocycles. The molecule has 0 amide bonds. The topological polar surface area (TPSA) is 36.4 Å². The number of hydrogen-bond donors (Lipinski definition) is 2. The van der Waals surface area contributed by atoms with Crippen molar-refractivity contribution in [1.29, 1.82) is 0 Å². The van der Waals surface area contributed by atoms with Crippen LogP contribution in [0.5, 0.6) is 0 Å². The van der Waals surface area contributed by atoms with Crippen LogP contribution in [0.2, 0.25) is 0 Å². The first-order valence-electron chi connectivity index (χ1n) is 8.34. The lowest BCUT2D eigenvalue weighted by atomic mass is 10.0. The third kappa shape index (κ3) is 4.13. The quantitative estimate of drug-likeness (QED) is 0.657. The van der Waals surface area contributed by atoms with Crippen LogP contribution in [0, 0.1) is 6.92 Å². The Balaban J connectivity index is 1.47. The first kappa shape index (κ1) is 15.6. The summed E-state index contributed by atoms with van der Waals surface area (Å²) in [6.45, 7) is 3.09. The molecule has 0 heterocycles. The van der Waals surface area contributed by atoms with Crippen molar-refractivity contribution in [3.8, 4) is 0 Å². The smallest absolute Gasteiger partial charge is 0.191 e. The van der Waals surface area contributed by atoms with Crippen LogP contribution in [0.3, 0.4) is 0 Å². The van der Waals surface area contributed by atoms with Crippen LogP contribution >= 0.6 is 0 Å². The van der Waals surface area contributed by atoms with Crippen molar-refractivity contribution in [1.82, 2.24) is 10.6 Å². The summed E-state index contributed by atoms with van der Waals surface area (Å²) in [4.78, 5) is 4.34. The molecule has 23 heavy (non-hydrogen) atoms. The summed E-state index contributed by atoms with van der Waals surface area (Å²) in [6, 6.07) is 19.7. The van der Waals surface area contributed by atoms with E-state index in [-0.39, 0.29) is 0 Å². The van der Waals surface area contributed by atoms with Crippen LogP contribution in [0.15, 0.2) is 59.6 Å². The average Bonchev–Trinajstić information content (AvgIpc) is 3.34. The summed E-state index contributed by atoms with van der Waals surface area (Å²) < 4.78 is 0. The van der Waals surface area contributed by atoms with E-state index in [1.54, 1.807) is 0 Å². The predicted molar refractivity (Wildman–Crippen MR) is 97.0 cm³/mol. The highest BCUT2D eigenvalue weighted by molar-refractivity contribution is 5.80. The highest BCUT2D eigenvalue weighted by Gasteiger charge is 2.39. The number of hydrogen-bond acceptors (Lipinski definition) is 1. The van der Waals surface area contributed by atoms with Crippen molar-refractivity contribution in [2.75, 3.05) is 13.6 Å². The van der Waals surface area contributed by atoms with Gasteiger partial charge >= 0.3 is 0 Å². The molecule has 3 nitrogen and oxygen atoms in total. The zero-order valence-corrected chi connectivity index (χ0v) is 13.9. The summed E-state index contributed by atoms with van der Waals surface area (Å²) in [7, 11) is 1.84. The molecule has 0 aliphatic heterocycles. The Morgan fingerprint density at radius 1 is 1.09 bits per heavy atom. The Morgan fingerprint density at radius 2 is 1.83 bits per heavy atom. The van der Waals surface area contributed by atoms with E-state index < -0.39 is 0 Å². The molecule has 1 aliphatic carbocycles. The molecule has 120 valence electrons. The predicted octanol–water partition coefficient (Wildman–Crippen LogP) is 3.26. The Morgan fingerprint density at radius 3 is 2.57 bits per heavy atom. The lowest BCUT2D eigenvalue weighted by molar-refractivity contribution is 0.779. The van der Waals surface area contributed by atoms with Crippen molar-refractivity contribution in [3.05, 3.63) is 71.3 Å². The molecule has 3 rings (SSSR count). The average molecular weight is 307 g/mol. The minimum absolute atomic E-state index is 0.499. The molecule has 0 bridgehead atoms.